The van der Waals surface area contributed by atoms with E-state index in [1.807, 2.05) is 30.0 Å². The number of rotatable bonds is 2. The summed E-state index contributed by atoms with van der Waals surface area (Å²) in [5.74, 6) is 0.705. The standard InChI is InChI=1S/C14H19BrN2O/c1-10-3-2-4-12(13(10)15)14(18)17-7-5-11(9-16)6-8-17/h2-4,11H,5-9,16H2,1H3. The normalized spacial score (nSPS) is 16.9. The van der Waals surface area contributed by atoms with Gasteiger partial charge in [0.1, 0.15) is 0 Å². The van der Waals surface area contributed by atoms with Gasteiger partial charge in [0.05, 0.1) is 5.56 Å². The monoisotopic (exact) mass is 310 g/mol. The lowest BCUT2D eigenvalue weighted by atomic mass is 9.96. The van der Waals surface area contributed by atoms with E-state index in [0.717, 1.165) is 48.1 Å². The van der Waals surface area contributed by atoms with Crippen molar-refractivity contribution in [3.8, 4) is 0 Å². The summed E-state index contributed by atoms with van der Waals surface area (Å²) in [4.78, 5) is 14.4. The molecule has 1 fully saturated rings. The number of piperidine rings is 1. The molecule has 0 aromatic heterocycles. The molecule has 1 aliphatic rings. The number of nitrogens with zero attached hydrogens (tertiary/aromatic N) is 1. The number of carbonyl (C=O) groups is 1. The fourth-order valence-corrected chi connectivity index (χ4v) is 2.79. The summed E-state index contributed by atoms with van der Waals surface area (Å²) in [6, 6.07) is 5.82. The van der Waals surface area contributed by atoms with Gasteiger partial charge in [0.25, 0.3) is 5.91 Å². The molecule has 3 nitrogen and oxygen atoms in total. The molecule has 1 aromatic carbocycles. The Bertz CT molecular complexity index is 439. The van der Waals surface area contributed by atoms with Crippen LogP contribution in [0, 0.1) is 12.8 Å². The van der Waals surface area contributed by atoms with Crippen LogP contribution in [-0.4, -0.2) is 30.4 Å². The van der Waals surface area contributed by atoms with Crippen molar-refractivity contribution in [1.82, 2.24) is 4.90 Å². The van der Waals surface area contributed by atoms with Crippen LogP contribution in [0.1, 0.15) is 28.8 Å². The summed E-state index contributed by atoms with van der Waals surface area (Å²) < 4.78 is 0.913. The van der Waals surface area contributed by atoms with Gasteiger partial charge in [-0.15, -0.1) is 0 Å². The zero-order chi connectivity index (χ0) is 13.1. The molecule has 1 heterocycles. The first kappa shape index (κ1) is 13.6. The first-order valence-corrected chi connectivity index (χ1v) is 7.17. The van der Waals surface area contributed by atoms with E-state index in [2.05, 4.69) is 15.9 Å². The van der Waals surface area contributed by atoms with Crippen LogP contribution in [0.15, 0.2) is 22.7 Å². The van der Waals surface area contributed by atoms with E-state index in [-0.39, 0.29) is 5.91 Å². The van der Waals surface area contributed by atoms with E-state index in [9.17, 15) is 4.79 Å². The maximum Gasteiger partial charge on any atom is 0.255 e. The predicted octanol–water partition coefficient (Wildman–Crippen LogP) is 2.57. The van der Waals surface area contributed by atoms with Crippen molar-refractivity contribution < 1.29 is 4.79 Å². The molecule has 1 saturated heterocycles. The minimum atomic E-state index is 0.126. The van der Waals surface area contributed by atoms with E-state index >= 15 is 0 Å². The smallest absolute Gasteiger partial charge is 0.255 e. The minimum Gasteiger partial charge on any atom is -0.339 e. The summed E-state index contributed by atoms with van der Waals surface area (Å²) in [7, 11) is 0. The molecule has 4 heteroatoms. The van der Waals surface area contributed by atoms with Crippen molar-refractivity contribution in [1.29, 1.82) is 0 Å². The number of amides is 1. The minimum absolute atomic E-state index is 0.126. The van der Waals surface area contributed by atoms with Gasteiger partial charge in [0, 0.05) is 17.6 Å². The third-order valence-electron chi connectivity index (χ3n) is 3.66. The number of nitrogens with two attached hydrogens (primary N) is 1. The maximum absolute atomic E-state index is 12.4. The number of likely N-dealkylation sites (tertiary alicyclic amines) is 1. The zero-order valence-corrected chi connectivity index (χ0v) is 12.2. The van der Waals surface area contributed by atoms with Crippen LogP contribution >= 0.6 is 15.9 Å². The second-order valence-electron chi connectivity index (χ2n) is 4.91. The molecular formula is C14H19BrN2O. The highest BCUT2D eigenvalue weighted by Gasteiger charge is 2.24. The Labute approximate surface area is 116 Å². The molecule has 98 valence electrons. The molecular weight excluding hydrogens is 292 g/mol. The molecule has 2 rings (SSSR count). The fraction of sp³-hybridized carbons (Fsp3) is 0.500. The largest absolute Gasteiger partial charge is 0.339 e. The summed E-state index contributed by atoms with van der Waals surface area (Å²) in [5, 5.41) is 0. The van der Waals surface area contributed by atoms with E-state index in [1.165, 1.54) is 0 Å². The highest BCUT2D eigenvalue weighted by molar-refractivity contribution is 9.10. The number of benzene rings is 1. The van der Waals surface area contributed by atoms with Gasteiger partial charge in [-0.3, -0.25) is 4.79 Å². The maximum atomic E-state index is 12.4. The highest BCUT2D eigenvalue weighted by Crippen LogP contribution is 2.24. The quantitative estimate of drug-likeness (QED) is 0.912. The molecule has 18 heavy (non-hydrogen) atoms. The van der Waals surface area contributed by atoms with Crippen molar-refractivity contribution in [2.45, 2.75) is 19.8 Å². The zero-order valence-electron chi connectivity index (χ0n) is 10.7. The highest BCUT2D eigenvalue weighted by atomic mass is 79.9. The molecule has 2 N–H and O–H groups in total. The Hall–Kier alpha value is -0.870. The molecule has 0 unspecified atom stereocenters. The van der Waals surface area contributed by atoms with Crippen LogP contribution in [0.4, 0.5) is 0 Å². The molecule has 0 aliphatic carbocycles. The Morgan fingerprint density at radius 3 is 2.72 bits per heavy atom. The lowest BCUT2D eigenvalue weighted by molar-refractivity contribution is 0.0692. The molecule has 0 atom stereocenters. The molecule has 0 spiro atoms. The molecule has 0 bridgehead atoms. The van der Waals surface area contributed by atoms with Crippen molar-refractivity contribution >= 4 is 21.8 Å². The molecule has 1 aromatic rings. The first-order chi connectivity index (χ1) is 8.63. The molecule has 1 aliphatic heterocycles. The van der Waals surface area contributed by atoms with Crippen LogP contribution in [-0.2, 0) is 0 Å². The average Bonchev–Trinajstić information content (AvgIpc) is 2.41. The van der Waals surface area contributed by atoms with Gasteiger partial charge in [0.15, 0.2) is 0 Å². The number of halogens is 1. The van der Waals surface area contributed by atoms with Crippen molar-refractivity contribution in [3.63, 3.8) is 0 Å². The van der Waals surface area contributed by atoms with Crippen LogP contribution in [0.3, 0.4) is 0 Å². The van der Waals surface area contributed by atoms with Crippen LogP contribution in [0.25, 0.3) is 0 Å². The van der Waals surface area contributed by atoms with Crippen LogP contribution < -0.4 is 5.73 Å². The van der Waals surface area contributed by atoms with Gasteiger partial charge in [-0.1, -0.05) is 12.1 Å². The average molecular weight is 311 g/mol. The van der Waals surface area contributed by atoms with Gasteiger partial charge in [0.2, 0.25) is 0 Å². The van der Waals surface area contributed by atoms with Gasteiger partial charge in [-0.25, -0.2) is 0 Å². The summed E-state index contributed by atoms with van der Waals surface area (Å²) in [6.07, 6.45) is 2.04. The Morgan fingerprint density at radius 1 is 1.44 bits per heavy atom. The van der Waals surface area contributed by atoms with E-state index in [0.29, 0.717) is 5.92 Å². The second-order valence-corrected chi connectivity index (χ2v) is 5.70. The molecule has 0 radical (unpaired) electrons. The molecule has 0 saturated carbocycles. The SMILES string of the molecule is Cc1cccc(C(=O)N2CCC(CN)CC2)c1Br. The van der Waals surface area contributed by atoms with E-state index in [1.54, 1.807) is 0 Å². The molecule has 1 amide bonds. The van der Waals surface area contributed by atoms with E-state index in [4.69, 9.17) is 5.73 Å². The van der Waals surface area contributed by atoms with Gasteiger partial charge < -0.3 is 10.6 Å². The Balaban J connectivity index is 2.10. The lowest BCUT2D eigenvalue weighted by Crippen LogP contribution is -2.40. The van der Waals surface area contributed by atoms with Crippen molar-refractivity contribution in [3.05, 3.63) is 33.8 Å². The Kier molecular flexibility index (Phi) is 4.40. The number of hydrogen-bond donors (Lipinski definition) is 1. The Morgan fingerprint density at radius 2 is 2.11 bits per heavy atom. The first-order valence-electron chi connectivity index (χ1n) is 6.38. The summed E-state index contributed by atoms with van der Waals surface area (Å²) in [6.45, 7) is 4.37. The van der Waals surface area contributed by atoms with Gasteiger partial charge in [-0.2, -0.15) is 0 Å². The number of aryl methyl sites for hydroxylation is 1. The lowest BCUT2D eigenvalue weighted by Gasteiger charge is -2.31. The predicted molar refractivity (Wildman–Crippen MR) is 76.6 cm³/mol. The number of hydrogen-bond acceptors (Lipinski definition) is 2. The number of carbonyl (C=O) groups excluding carboxylic acids is 1. The topological polar surface area (TPSA) is 46.3 Å². The third kappa shape index (κ3) is 2.75. The van der Waals surface area contributed by atoms with Crippen molar-refractivity contribution in [2.24, 2.45) is 11.7 Å². The van der Waals surface area contributed by atoms with Crippen LogP contribution in [0.5, 0.6) is 0 Å². The van der Waals surface area contributed by atoms with Gasteiger partial charge >= 0.3 is 0 Å². The third-order valence-corrected chi connectivity index (χ3v) is 4.71. The summed E-state index contributed by atoms with van der Waals surface area (Å²) in [5.41, 5.74) is 7.53. The summed E-state index contributed by atoms with van der Waals surface area (Å²) >= 11 is 3.51. The van der Waals surface area contributed by atoms with Crippen LogP contribution in [0.2, 0.25) is 0 Å². The van der Waals surface area contributed by atoms with E-state index < -0.39 is 0 Å². The fourth-order valence-electron chi connectivity index (χ4n) is 2.35. The van der Waals surface area contributed by atoms with Gasteiger partial charge in [-0.05, 0) is 59.8 Å². The second kappa shape index (κ2) is 5.85. The van der Waals surface area contributed by atoms with Crippen molar-refractivity contribution in [2.75, 3.05) is 19.6 Å².